The monoisotopic (exact) mass is 343 g/mol. The van der Waals surface area contributed by atoms with E-state index < -0.39 is 0 Å². The summed E-state index contributed by atoms with van der Waals surface area (Å²) in [6, 6.07) is 8.00. The quantitative estimate of drug-likeness (QED) is 0.536. The van der Waals surface area contributed by atoms with Crippen LogP contribution in [0.15, 0.2) is 29.3 Å². The highest BCUT2D eigenvalue weighted by Crippen LogP contribution is 2.18. The molecule has 2 aliphatic rings. The molecule has 1 aromatic rings. The molecule has 2 amide bonds. The Hall–Kier alpha value is -2.57. The molecule has 1 aliphatic heterocycles. The number of guanidine groups is 1. The van der Waals surface area contributed by atoms with E-state index in [1.54, 1.807) is 17.0 Å². The van der Waals surface area contributed by atoms with Crippen LogP contribution >= 0.6 is 0 Å². The third-order valence-corrected chi connectivity index (χ3v) is 4.21. The van der Waals surface area contributed by atoms with Gasteiger partial charge in [0.2, 0.25) is 5.91 Å². The Morgan fingerprint density at radius 1 is 1.32 bits per heavy atom. The minimum atomic E-state index is -0.107. The first-order valence-corrected chi connectivity index (χ1v) is 8.85. The standard InChI is InChI=1S/C18H25N5O2/c1-2-19-18(22-15-7-8-15)21-11-13-3-5-14(6-4-13)17(25)23-10-9-20-16(24)12-23/h3-6,15H,2,7-12H2,1H3,(H,20,24)(H2,19,21,22). The zero-order valence-electron chi connectivity index (χ0n) is 14.5. The zero-order chi connectivity index (χ0) is 17.6. The highest BCUT2D eigenvalue weighted by Gasteiger charge is 2.23. The molecule has 1 heterocycles. The summed E-state index contributed by atoms with van der Waals surface area (Å²) in [7, 11) is 0. The number of amides is 2. The molecule has 134 valence electrons. The van der Waals surface area contributed by atoms with Gasteiger partial charge in [-0.05, 0) is 37.5 Å². The van der Waals surface area contributed by atoms with Crippen LogP contribution in [-0.2, 0) is 11.3 Å². The van der Waals surface area contributed by atoms with Crippen molar-refractivity contribution < 1.29 is 9.59 Å². The first kappa shape index (κ1) is 17.3. The van der Waals surface area contributed by atoms with Crippen LogP contribution in [0.1, 0.15) is 35.7 Å². The first-order chi connectivity index (χ1) is 12.2. The molecule has 0 spiro atoms. The van der Waals surface area contributed by atoms with E-state index in [9.17, 15) is 9.59 Å². The van der Waals surface area contributed by atoms with Gasteiger partial charge in [-0.2, -0.15) is 0 Å². The van der Waals surface area contributed by atoms with Gasteiger partial charge in [-0.25, -0.2) is 4.99 Å². The van der Waals surface area contributed by atoms with E-state index >= 15 is 0 Å². The van der Waals surface area contributed by atoms with Crippen molar-refractivity contribution in [2.45, 2.75) is 32.4 Å². The second-order valence-corrected chi connectivity index (χ2v) is 6.39. The minimum absolute atomic E-state index is 0.103. The summed E-state index contributed by atoms with van der Waals surface area (Å²) in [5, 5.41) is 9.34. The largest absolute Gasteiger partial charge is 0.357 e. The van der Waals surface area contributed by atoms with Crippen molar-refractivity contribution in [1.29, 1.82) is 0 Å². The molecule has 1 aromatic carbocycles. The maximum atomic E-state index is 12.4. The molecule has 0 unspecified atom stereocenters. The third kappa shape index (κ3) is 4.95. The summed E-state index contributed by atoms with van der Waals surface area (Å²) in [6.07, 6.45) is 2.41. The summed E-state index contributed by atoms with van der Waals surface area (Å²) in [5.74, 6) is 0.628. The Morgan fingerprint density at radius 2 is 2.08 bits per heavy atom. The highest BCUT2D eigenvalue weighted by molar-refractivity contribution is 5.97. The molecule has 0 aromatic heterocycles. The van der Waals surface area contributed by atoms with E-state index in [-0.39, 0.29) is 18.4 Å². The Labute approximate surface area is 147 Å². The molecule has 3 rings (SSSR count). The number of rotatable bonds is 5. The molecule has 7 heteroatoms. The fourth-order valence-corrected chi connectivity index (χ4v) is 2.66. The van der Waals surface area contributed by atoms with Gasteiger partial charge in [0.25, 0.3) is 5.91 Å². The van der Waals surface area contributed by atoms with Crippen LogP contribution in [0, 0.1) is 0 Å². The van der Waals surface area contributed by atoms with Crippen LogP contribution < -0.4 is 16.0 Å². The lowest BCUT2D eigenvalue weighted by atomic mass is 10.1. The molecule has 0 radical (unpaired) electrons. The molecule has 7 nitrogen and oxygen atoms in total. The van der Waals surface area contributed by atoms with Gasteiger partial charge in [0.05, 0.1) is 13.1 Å². The normalized spacial score (nSPS) is 17.9. The van der Waals surface area contributed by atoms with E-state index in [4.69, 9.17) is 0 Å². The third-order valence-electron chi connectivity index (χ3n) is 4.21. The van der Waals surface area contributed by atoms with Crippen molar-refractivity contribution in [1.82, 2.24) is 20.9 Å². The van der Waals surface area contributed by atoms with Crippen molar-refractivity contribution in [3.63, 3.8) is 0 Å². The van der Waals surface area contributed by atoms with Crippen LogP contribution in [0.3, 0.4) is 0 Å². The Balaban J connectivity index is 1.59. The Bertz CT molecular complexity index is 652. The second-order valence-electron chi connectivity index (χ2n) is 6.39. The molecular formula is C18H25N5O2. The van der Waals surface area contributed by atoms with Crippen LogP contribution in [0.5, 0.6) is 0 Å². The van der Waals surface area contributed by atoms with Crippen molar-refractivity contribution in [2.75, 3.05) is 26.2 Å². The Morgan fingerprint density at radius 3 is 2.72 bits per heavy atom. The Kier molecular flexibility index (Phi) is 5.53. The predicted octanol–water partition coefficient (Wildman–Crippen LogP) is 0.476. The molecule has 1 saturated heterocycles. The van der Waals surface area contributed by atoms with Gasteiger partial charge in [-0.1, -0.05) is 12.1 Å². The molecule has 0 bridgehead atoms. The number of aliphatic imine (C=N–C) groups is 1. The van der Waals surface area contributed by atoms with Crippen LogP contribution in [0.4, 0.5) is 0 Å². The average molecular weight is 343 g/mol. The van der Waals surface area contributed by atoms with Crippen LogP contribution in [-0.4, -0.2) is 54.9 Å². The number of hydrogen-bond donors (Lipinski definition) is 3. The van der Waals surface area contributed by atoms with E-state index in [1.165, 1.54) is 12.8 Å². The summed E-state index contributed by atoms with van der Waals surface area (Å²) in [4.78, 5) is 30.0. The van der Waals surface area contributed by atoms with E-state index in [1.807, 2.05) is 19.1 Å². The van der Waals surface area contributed by atoms with Gasteiger partial charge >= 0.3 is 0 Å². The number of nitrogens with zero attached hydrogens (tertiary/aromatic N) is 2. The van der Waals surface area contributed by atoms with Gasteiger partial charge in [0.15, 0.2) is 5.96 Å². The molecular weight excluding hydrogens is 318 g/mol. The molecule has 3 N–H and O–H groups in total. The topological polar surface area (TPSA) is 85.8 Å². The maximum absolute atomic E-state index is 12.4. The number of benzene rings is 1. The van der Waals surface area contributed by atoms with Gasteiger partial charge in [-0.3, -0.25) is 9.59 Å². The average Bonchev–Trinajstić information content (AvgIpc) is 3.44. The van der Waals surface area contributed by atoms with Crippen molar-refractivity contribution >= 4 is 17.8 Å². The lowest BCUT2D eigenvalue weighted by Gasteiger charge is -2.26. The van der Waals surface area contributed by atoms with Gasteiger partial charge in [0.1, 0.15) is 0 Å². The molecule has 1 saturated carbocycles. The van der Waals surface area contributed by atoms with Gasteiger partial charge in [0, 0.05) is 31.2 Å². The van der Waals surface area contributed by atoms with E-state index in [0.29, 0.717) is 31.2 Å². The zero-order valence-corrected chi connectivity index (χ0v) is 14.5. The maximum Gasteiger partial charge on any atom is 0.254 e. The van der Waals surface area contributed by atoms with Crippen molar-refractivity contribution in [3.05, 3.63) is 35.4 Å². The summed E-state index contributed by atoms with van der Waals surface area (Å²) in [5.41, 5.74) is 1.64. The molecule has 1 aliphatic carbocycles. The lowest BCUT2D eigenvalue weighted by Crippen LogP contribution is -2.49. The smallest absolute Gasteiger partial charge is 0.254 e. The van der Waals surface area contributed by atoms with Gasteiger partial charge in [-0.15, -0.1) is 0 Å². The fraction of sp³-hybridized carbons (Fsp3) is 0.500. The first-order valence-electron chi connectivity index (χ1n) is 8.85. The molecule has 2 fully saturated rings. The predicted molar refractivity (Wildman–Crippen MR) is 96.3 cm³/mol. The number of carbonyl (C=O) groups is 2. The molecule has 0 atom stereocenters. The van der Waals surface area contributed by atoms with E-state index in [2.05, 4.69) is 20.9 Å². The number of carbonyl (C=O) groups excluding carboxylic acids is 2. The highest BCUT2D eigenvalue weighted by atomic mass is 16.2. The number of hydrogen-bond acceptors (Lipinski definition) is 3. The van der Waals surface area contributed by atoms with Gasteiger partial charge < -0.3 is 20.9 Å². The van der Waals surface area contributed by atoms with Crippen molar-refractivity contribution in [3.8, 4) is 0 Å². The second kappa shape index (κ2) is 8.00. The number of nitrogens with one attached hydrogen (secondary N) is 3. The minimum Gasteiger partial charge on any atom is -0.357 e. The number of piperazine rings is 1. The fourth-order valence-electron chi connectivity index (χ4n) is 2.66. The summed E-state index contributed by atoms with van der Waals surface area (Å²) < 4.78 is 0. The molecule has 25 heavy (non-hydrogen) atoms. The summed E-state index contributed by atoms with van der Waals surface area (Å²) in [6.45, 7) is 4.63. The SMILES string of the molecule is CCNC(=NCc1ccc(C(=O)N2CCNC(=O)C2)cc1)NC1CC1. The summed E-state index contributed by atoms with van der Waals surface area (Å²) >= 11 is 0. The lowest BCUT2D eigenvalue weighted by molar-refractivity contribution is -0.123. The van der Waals surface area contributed by atoms with Crippen LogP contribution in [0.25, 0.3) is 0 Å². The van der Waals surface area contributed by atoms with Crippen molar-refractivity contribution in [2.24, 2.45) is 4.99 Å². The van der Waals surface area contributed by atoms with Crippen LogP contribution in [0.2, 0.25) is 0 Å². The van der Waals surface area contributed by atoms with E-state index in [0.717, 1.165) is 18.1 Å².